The molecule has 0 saturated carbocycles. The van der Waals surface area contributed by atoms with E-state index in [1.165, 1.54) is 5.56 Å². The van der Waals surface area contributed by atoms with E-state index in [4.69, 9.17) is 0 Å². The highest BCUT2D eigenvalue weighted by Gasteiger charge is 2.26. The molecule has 2 rings (SSSR count). The third kappa shape index (κ3) is 2.01. The van der Waals surface area contributed by atoms with E-state index in [2.05, 4.69) is 5.32 Å². The smallest absolute Gasteiger partial charge is 0.230 e. The van der Waals surface area contributed by atoms with Crippen LogP contribution < -0.4 is 5.32 Å². The number of thiophene rings is 1. The van der Waals surface area contributed by atoms with Crippen molar-refractivity contribution in [2.24, 2.45) is 5.92 Å². The van der Waals surface area contributed by atoms with Crippen molar-refractivity contribution in [2.45, 2.75) is 19.3 Å². The van der Waals surface area contributed by atoms with Crippen LogP contribution in [0, 0.1) is 5.92 Å². The Bertz CT molecular complexity index is 345. The molecule has 1 aliphatic heterocycles. The molecular formula is C10H11NO2S. The van der Waals surface area contributed by atoms with Crippen LogP contribution in [0.25, 0.3) is 0 Å². The van der Waals surface area contributed by atoms with Crippen LogP contribution in [0.3, 0.4) is 0 Å². The SMILES string of the molecule is O=C1CCC(Cc2ccsc2)C(=O)N1. The maximum atomic E-state index is 11.4. The topological polar surface area (TPSA) is 46.2 Å². The minimum atomic E-state index is -0.142. The Morgan fingerprint density at radius 3 is 3.00 bits per heavy atom. The molecule has 1 aliphatic rings. The van der Waals surface area contributed by atoms with Crippen molar-refractivity contribution in [3.63, 3.8) is 0 Å². The second-order valence-corrected chi connectivity index (χ2v) is 4.26. The molecule has 4 heteroatoms. The van der Waals surface area contributed by atoms with Crippen LogP contribution in [-0.4, -0.2) is 11.8 Å². The Balaban J connectivity index is 1.99. The summed E-state index contributed by atoms with van der Waals surface area (Å²) in [6.07, 6.45) is 1.91. The number of amides is 2. The normalized spacial score (nSPS) is 22.1. The number of piperidine rings is 1. The Morgan fingerprint density at radius 1 is 1.50 bits per heavy atom. The van der Waals surface area contributed by atoms with E-state index >= 15 is 0 Å². The number of carbonyl (C=O) groups excluding carboxylic acids is 2. The van der Waals surface area contributed by atoms with Crippen molar-refractivity contribution in [1.82, 2.24) is 5.32 Å². The molecule has 0 aromatic carbocycles. The van der Waals surface area contributed by atoms with Gasteiger partial charge in [-0.2, -0.15) is 11.3 Å². The lowest BCUT2D eigenvalue weighted by Gasteiger charge is -2.19. The van der Waals surface area contributed by atoms with Crippen molar-refractivity contribution in [1.29, 1.82) is 0 Å². The molecule has 3 nitrogen and oxygen atoms in total. The van der Waals surface area contributed by atoms with E-state index in [1.807, 2.05) is 16.8 Å². The molecule has 14 heavy (non-hydrogen) atoms. The van der Waals surface area contributed by atoms with Crippen LogP contribution in [0.15, 0.2) is 16.8 Å². The van der Waals surface area contributed by atoms with E-state index in [0.717, 1.165) is 6.42 Å². The van der Waals surface area contributed by atoms with Gasteiger partial charge in [-0.15, -0.1) is 0 Å². The van der Waals surface area contributed by atoms with Crippen molar-refractivity contribution < 1.29 is 9.59 Å². The maximum absolute atomic E-state index is 11.4. The molecule has 1 aromatic rings. The Morgan fingerprint density at radius 2 is 2.36 bits per heavy atom. The highest BCUT2D eigenvalue weighted by molar-refractivity contribution is 7.07. The first-order valence-corrected chi connectivity index (χ1v) is 5.55. The molecule has 0 radical (unpaired) electrons. The molecule has 2 amide bonds. The average molecular weight is 209 g/mol. The van der Waals surface area contributed by atoms with E-state index in [-0.39, 0.29) is 17.7 Å². The summed E-state index contributed by atoms with van der Waals surface area (Å²) < 4.78 is 0. The zero-order valence-corrected chi connectivity index (χ0v) is 8.47. The van der Waals surface area contributed by atoms with Gasteiger partial charge in [0.25, 0.3) is 0 Å². The summed E-state index contributed by atoms with van der Waals surface area (Å²) in [5.74, 6) is -0.286. The average Bonchev–Trinajstić information content (AvgIpc) is 2.62. The molecule has 1 aromatic heterocycles. The lowest BCUT2D eigenvalue weighted by molar-refractivity contribution is -0.136. The van der Waals surface area contributed by atoms with Gasteiger partial charge < -0.3 is 0 Å². The lowest BCUT2D eigenvalue weighted by atomic mass is 9.92. The van der Waals surface area contributed by atoms with Crippen molar-refractivity contribution >= 4 is 23.2 Å². The fraction of sp³-hybridized carbons (Fsp3) is 0.400. The number of hydrogen-bond donors (Lipinski definition) is 1. The fourth-order valence-electron chi connectivity index (χ4n) is 1.63. The van der Waals surface area contributed by atoms with Gasteiger partial charge in [0.2, 0.25) is 11.8 Å². The first-order valence-electron chi connectivity index (χ1n) is 4.60. The van der Waals surface area contributed by atoms with Gasteiger partial charge in [-0.05, 0) is 35.2 Å². The summed E-state index contributed by atoms with van der Waals surface area (Å²) in [4.78, 5) is 22.3. The van der Waals surface area contributed by atoms with Crippen molar-refractivity contribution in [2.75, 3.05) is 0 Å². The molecule has 1 N–H and O–H groups in total. The van der Waals surface area contributed by atoms with Gasteiger partial charge in [-0.1, -0.05) is 0 Å². The second-order valence-electron chi connectivity index (χ2n) is 3.48. The van der Waals surface area contributed by atoms with Gasteiger partial charge in [-0.3, -0.25) is 14.9 Å². The summed E-state index contributed by atoms with van der Waals surface area (Å²) in [6.45, 7) is 0. The quantitative estimate of drug-likeness (QED) is 0.747. The molecule has 0 spiro atoms. The van der Waals surface area contributed by atoms with Crippen LogP contribution in [0.4, 0.5) is 0 Å². The standard InChI is InChI=1S/C10H11NO2S/c12-9-2-1-8(10(13)11-9)5-7-3-4-14-6-7/h3-4,6,8H,1-2,5H2,(H,11,12,13). The zero-order valence-electron chi connectivity index (χ0n) is 7.66. The summed E-state index contributed by atoms with van der Waals surface area (Å²) in [6, 6.07) is 2.02. The summed E-state index contributed by atoms with van der Waals surface area (Å²) in [5.41, 5.74) is 1.18. The van der Waals surface area contributed by atoms with Crippen molar-refractivity contribution in [3.8, 4) is 0 Å². The van der Waals surface area contributed by atoms with Crippen LogP contribution in [0.2, 0.25) is 0 Å². The minimum absolute atomic E-state index is 0.0256. The van der Waals surface area contributed by atoms with E-state index in [0.29, 0.717) is 12.8 Å². The molecule has 74 valence electrons. The Hall–Kier alpha value is -1.16. The molecule has 1 saturated heterocycles. The lowest BCUT2D eigenvalue weighted by Crippen LogP contribution is -2.41. The minimum Gasteiger partial charge on any atom is -0.296 e. The second kappa shape index (κ2) is 3.92. The number of hydrogen-bond acceptors (Lipinski definition) is 3. The first-order chi connectivity index (χ1) is 6.75. The monoisotopic (exact) mass is 209 g/mol. The largest absolute Gasteiger partial charge is 0.296 e. The van der Waals surface area contributed by atoms with Crippen LogP contribution in [0.5, 0.6) is 0 Å². The van der Waals surface area contributed by atoms with Crippen molar-refractivity contribution in [3.05, 3.63) is 22.4 Å². The van der Waals surface area contributed by atoms with E-state index in [1.54, 1.807) is 11.3 Å². The van der Waals surface area contributed by atoms with Crippen LogP contribution >= 0.6 is 11.3 Å². The molecule has 0 bridgehead atoms. The highest BCUT2D eigenvalue weighted by Crippen LogP contribution is 2.19. The van der Waals surface area contributed by atoms with Gasteiger partial charge in [0.1, 0.15) is 0 Å². The molecule has 1 unspecified atom stereocenters. The number of rotatable bonds is 2. The Labute approximate surface area is 86.1 Å². The van der Waals surface area contributed by atoms with Crippen LogP contribution in [0.1, 0.15) is 18.4 Å². The highest BCUT2D eigenvalue weighted by atomic mass is 32.1. The predicted molar refractivity (Wildman–Crippen MR) is 53.9 cm³/mol. The zero-order chi connectivity index (χ0) is 9.97. The molecule has 1 fully saturated rings. The van der Waals surface area contributed by atoms with Gasteiger partial charge in [-0.25, -0.2) is 0 Å². The number of imide groups is 1. The third-order valence-corrected chi connectivity index (χ3v) is 3.15. The van der Waals surface area contributed by atoms with E-state index < -0.39 is 0 Å². The summed E-state index contributed by atoms with van der Waals surface area (Å²) in [5, 5.41) is 6.41. The molecular weight excluding hydrogens is 198 g/mol. The predicted octanol–water partition coefficient (Wildman–Crippen LogP) is 1.34. The van der Waals surface area contributed by atoms with Gasteiger partial charge in [0.05, 0.1) is 0 Å². The molecule has 2 heterocycles. The molecule has 0 aliphatic carbocycles. The fourth-order valence-corrected chi connectivity index (χ4v) is 2.31. The van der Waals surface area contributed by atoms with E-state index in [9.17, 15) is 9.59 Å². The summed E-state index contributed by atoms with van der Waals surface area (Å²) in [7, 11) is 0. The number of carbonyl (C=O) groups is 2. The van der Waals surface area contributed by atoms with Crippen LogP contribution in [-0.2, 0) is 16.0 Å². The third-order valence-electron chi connectivity index (χ3n) is 2.42. The Kier molecular flexibility index (Phi) is 2.63. The number of nitrogens with one attached hydrogen (secondary N) is 1. The van der Waals surface area contributed by atoms with Gasteiger partial charge in [0, 0.05) is 12.3 Å². The van der Waals surface area contributed by atoms with Gasteiger partial charge >= 0.3 is 0 Å². The molecule has 1 atom stereocenters. The summed E-state index contributed by atoms with van der Waals surface area (Å²) >= 11 is 1.63. The maximum Gasteiger partial charge on any atom is 0.230 e. The van der Waals surface area contributed by atoms with Gasteiger partial charge in [0.15, 0.2) is 0 Å². The first kappa shape index (κ1) is 9.40.